The van der Waals surface area contributed by atoms with Crippen LogP contribution >= 0.6 is 60.2 Å². The number of rotatable bonds is 30. The number of anilines is 4. The van der Waals surface area contributed by atoms with E-state index in [4.69, 9.17) is 62.8 Å². The summed E-state index contributed by atoms with van der Waals surface area (Å²) in [6, 6.07) is 37.6. The Labute approximate surface area is 698 Å². The molecule has 28 heteroatoms. The highest BCUT2D eigenvalue weighted by Gasteiger charge is 2.30. The van der Waals surface area contributed by atoms with Crippen molar-refractivity contribution in [2.45, 2.75) is 128 Å². The summed E-state index contributed by atoms with van der Waals surface area (Å²) in [5, 5.41) is 30.0. The molecule has 0 bridgehead atoms. The van der Waals surface area contributed by atoms with Gasteiger partial charge in [0.2, 0.25) is 0 Å². The predicted molar refractivity (Wildman–Crippen MR) is 473 cm³/mol. The maximum absolute atomic E-state index is 13.1. The lowest BCUT2D eigenvalue weighted by atomic mass is 9.91. The van der Waals surface area contributed by atoms with Crippen LogP contribution in [0.15, 0.2) is 187 Å². The van der Waals surface area contributed by atoms with Crippen LogP contribution in [0.3, 0.4) is 0 Å². The number of amides is 4. The van der Waals surface area contributed by atoms with E-state index in [1.807, 2.05) is 122 Å². The lowest BCUT2D eigenvalue weighted by molar-refractivity contribution is 0.0650. The predicted octanol–water partition coefficient (Wildman–Crippen LogP) is 16.0. The SMILES string of the molecule is COc1cccc(OC)c1C(=O)N1CCC(CCCCNC(=S)Nc2cccnc2)CC1.O=C(c1ccccc1)N1CCC(CCCCNC(=S)Nc2cccnc2)CC1.O=C(c1ccco1)N1CCC(CCCCNC(=S)Nc2cccnc2)CC1.O=C(c1cccs1)N1CCC(CCCCNC(=S)Nc2cccnc2)CC1. The van der Waals surface area contributed by atoms with Crippen LogP contribution in [-0.2, 0) is 0 Å². The van der Waals surface area contributed by atoms with Crippen LogP contribution in [0.4, 0.5) is 22.7 Å². The van der Waals surface area contributed by atoms with E-state index >= 15 is 0 Å². The van der Waals surface area contributed by atoms with Crippen LogP contribution in [0.2, 0.25) is 0 Å². The minimum absolute atomic E-state index is 0.0114. The number of thiocarbonyl (C=S) groups is 4. The van der Waals surface area contributed by atoms with Gasteiger partial charge >= 0.3 is 0 Å². The number of methoxy groups -OCH3 is 2. The minimum atomic E-state index is -0.0171. The largest absolute Gasteiger partial charge is 0.496 e. The lowest BCUT2D eigenvalue weighted by Crippen LogP contribution is -2.38. The second kappa shape index (κ2) is 50.5. The number of aromatic nitrogens is 4. The number of hydrogen-bond donors (Lipinski definition) is 8. The number of carbonyl (C=O) groups excluding carboxylic acids is 4. The molecule has 12 rings (SSSR count). The van der Waals surface area contributed by atoms with Crippen molar-refractivity contribution >= 4 is 127 Å². The van der Waals surface area contributed by atoms with Gasteiger partial charge in [-0.3, -0.25) is 39.1 Å². The molecule has 4 amide bonds. The first-order chi connectivity index (χ1) is 55.8. The van der Waals surface area contributed by atoms with Crippen molar-refractivity contribution in [1.82, 2.24) is 60.8 Å². The molecule has 10 heterocycles. The highest BCUT2D eigenvalue weighted by atomic mass is 32.1. The molecule has 2 aromatic carbocycles. The van der Waals surface area contributed by atoms with Crippen molar-refractivity contribution < 1.29 is 33.1 Å². The molecule has 4 fully saturated rings. The summed E-state index contributed by atoms with van der Waals surface area (Å²) in [4.78, 5) is 75.1. The number of carbonyl (C=O) groups is 4. The highest BCUT2D eigenvalue weighted by molar-refractivity contribution is 7.81. The first-order valence-corrected chi connectivity index (χ1v) is 42.6. The van der Waals surface area contributed by atoms with Gasteiger partial charge in [-0.2, -0.15) is 0 Å². The molecule has 4 aliphatic heterocycles. The second-order valence-corrected chi connectivity index (χ2v) is 31.4. The third-order valence-corrected chi connectivity index (χ3v) is 22.6. The molecule has 0 atom stereocenters. The van der Waals surface area contributed by atoms with Crippen molar-refractivity contribution in [2.75, 3.05) is 114 Å². The Balaban J connectivity index is 0.000000174. The number of pyridine rings is 4. The third-order valence-electron chi connectivity index (χ3n) is 20.7. The summed E-state index contributed by atoms with van der Waals surface area (Å²) in [7, 11) is 3.16. The number of hydrogen-bond acceptors (Lipinski definition) is 16. The van der Waals surface area contributed by atoms with Gasteiger partial charge in [-0.1, -0.05) is 81.7 Å². The molecular formula is C86H112N16O7S5. The van der Waals surface area contributed by atoms with Gasteiger partial charge in [0.15, 0.2) is 26.2 Å². The number of thiophene rings is 1. The number of ether oxygens (including phenoxy) is 2. The number of piperidine rings is 4. The van der Waals surface area contributed by atoms with E-state index in [1.165, 1.54) is 56.3 Å². The van der Waals surface area contributed by atoms with Crippen LogP contribution in [0.1, 0.15) is 169 Å². The van der Waals surface area contributed by atoms with E-state index < -0.39 is 0 Å². The zero-order chi connectivity index (χ0) is 80.2. The summed E-state index contributed by atoms with van der Waals surface area (Å²) < 4.78 is 16.0. The summed E-state index contributed by atoms with van der Waals surface area (Å²) >= 11 is 22.7. The van der Waals surface area contributed by atoms with E-state index in [0.717, 1.165) is 207 Å². The number of nitrogens with one attached hydrogen (secondary N) is 8. The van der Waals surface area contributed by atoms with E-state index in [0.29, 0.717) is 55.1 Å². The van der Waals surface area contributed by atoms with Crippen LogP contribution in [0.5, 0.6) is 11.5 Å². The van der Waals surface area contributed by atoms with Gasteiger partial charge in [0.1, 0.15) is 17.1 Å². The molecule has 0 radical (unpaired) electrons. The molecule has 4 saturated heterocycles. The lowest BCUT2D eigenvalue weighted by Gasteiger charge is -2.32. The normalized spacial score (nSPS) is 14.5. The van der Waals surface area contributed by atoms with E-state index in [2.05, 4.69) is 62.5 Å². The average Bonchev–Trinajstić information content (AvgIpc) is 0.923. The number of benzene rings is 2. The molecule has 0 spiro atoms. The quantitative estimate of drug-likeness (QED) is 0.0154. The van der Waals surface area contributed by atoms with Crippen LogP contribution < -0.4 is 52.0 Å². The molecule has 8 aromatic rings. The molecule has 0 aliphatic carbocycles. The molecule has 8 N–H and O–H groups in total. The standard InChI is InChI=1S/C24H32N4O3S.C22H28N4OS.C20H26N4O2S.C20H26N4OS2/c1-30-20-9-5-10-21(31-2)22(20)23(29)28-15-11-18(12-16-28)7-3-4-14-26-24(32)27-19-8-6-13-25-17-19;27-21(19-8-2-1-3-9-19)26-15-11-18(12-16-26)7-4-5-14-24-22(28)25-20-10-6-13-23-17-20;25-19(18-7-4-14-26-18)24-12-8-16(9-13-24)5-1-2-11-22-20(27)23-17-6-3-10-21-15-17;25-19(18-7-4-14-27-18)24-12-8-16(9-13-24)5-1-2-11-22-20(26)23-17-6-3-10-21-15-17/h5-6,8-10,13,17-18H,3-4,7,11-12,14-16H2,1-2H3,(H2,26,27,32);1-3,6,8-10,13,17-18H,4-5,7,11-12,14-16H2,(H2,24,25,28);3-4,6-7,10,14-16H,1-2,5,8-9,11-13H2,(H2,22,23,27);3-4,6-7,10,14-16H,1-2,5,8-9,11-13H2,(H2,22,23,26). The van der Waals surface area contributed by atoms with Gasteiger partial charge in [-0.25, -0.2) is 0 Å². The van der Waals surface area contributed by atoms with Gasteiger partial charge in [0, 0.05) is 109 Å². The molecular weight excluding hydrogens is 1530 g/mol. The second-order valence-electron chi connectivity index (χ2n) is 28.8. The maximum atomic E-state index is 13.1. The monoisotopic (exact) mass is 1640 g/mol. The zero-order valence-electron chi connectivity index (χ0n) is 65.7. The first-order valence-electron chi connectivity index (χ1n) is 40.1. The van der Waals surface area contributed by atoms with E-state index in [1.54, 1.807) is 94.3 Å². The molecule has 608 valence electrons. The maximum Gasteiger partial charge on any atom is 0.289 e. The van der Waals surface area contributed by atoms with Crippen molar-refractivity contribution in [3.8, 4) is 11.5 Å². The van der Waals surface area contributed by atoms with E-state index in [-0.39, 0.29) is 23.6 Å². The fourth-order valence-electron chi connectivity index (χ4n) is 14.3. The topological polar surface area (TPSA) is 261 Å². The number of nitrogens with zero attached hydrogens (tertiary/aromatic N) is 8. The van der Waals surface area contributed by atoms with Gasteiger partial charge in [0.25, 0.3) is 23.6 Å². The summed E-state index contributed by atoms with van der Waals surface area (Å²) in [5.41, 5.74) is 4.89. The first kappa shape index (κ1) is 88.2. The van der Waals surface area contributed by atoms with Crippen molar-refractivity contribution in [3.63, 3.8) is 0 Å². The molecule has 0 saturated carbocycles. The Kier molecular flexibility index (Phi) is 39.1. The van der Waals surface area contributed by atoms with Crippen LogP contribution in [-0.4, -0.2) is 176 Å². The van der Waals surface area contributed by atoms with Crippen LogP contribution in [0, 0.1) is 23.7 Å². The van der Waals surface area contributed by atoms with Crippen molar-refractivity contribution in [1.29, 1.82) is 0 Å². The van der Waals surface area contributed by atoms with Crippen molar-refractivity contribution in [2.24, 2.45) is 23.7 Å². The summed E-state index contributed by atoms with van der Waals surface area (Å²) in [5.74, 6) is 4.72. The molecule has 23 nitrogen and oxygen atoms in total. The van der Waals surface area contributed by atoms with E-state index in [9.17, 15) is 19.2 Å². The van der Waals surface area contributed by atoms with Gasteiger partial charge < -0.3 is 76.0 Å². The fourth-order valence-corrected chi connectivity index (χ4v) is 15.9. The smallest absolute Gasteiger partial charge is 0.289 e. The number of unbranched alkanes of at least 4 members (excludes halogenated alkanes) is 4. The van der Waals surface area contributed by atoms with Gasteiger partial charge in [0.05, 0.1) is 72.9 Å². The fraction of sp³-hybridized carbons (Fsp3) is 0.442. The molecule has 114 heavy (non-hydrogen) atoms. The van der Waals surface area contributed by atoms with Crippen LogP contribution in [0.25, 0.3) is 0 Å². The Morgan fingerprint density at radius 2 is 0.746 bits per heavy atom. The molecule has 4 aliphatic rings. The third kappa shape index (κ3) is 31.6. The van der Waals surface area contributed by atoms with Gasteiger partial charge in [-0.15, -0.1) is 11.3 Å². The summed E-state index contributed by atoms with van der Waals surface area (Å²) in [6.07, 6.45) is 38.0. The van der Waals surface area contributed by atoms with Crippen molar-refractivity contribution in [3.05, 3.63) is 204 Å². The minimum Gasteiger partial charge on any atom is -0.496 e. The Bertz CT molecular complexity index is 3970. The van der Waals surface area contributed by atoms with Gasteiger partial charge in [-0.05, 0) is 246 Å². The average molecular weight is 1640 g/mol. The Morgan fingerprint density at radius 3 is 1.06 bits per heavy atom. The number of likely N-dealkylation sites (tertiary alicyclic amines) is 4. The molecule has 0 unspecified atom stereocenters. The zero-order valence-corrected chi connectivity index (χ0v) is 69.8. The molecule has 6 aromatic heterocycles. The Morgan fingerprint density at radius 1 is 0.395 bits per heavy atom. The Hall–Kier alpha value is -9.74. The summed E-state index contributed by atoms with van der Waals surface area (Å²) in [6.45, 7) is 10.1. The number of furan rings is 1. The highest BCUT2D eigenvalue weighted by Crippen LogP contribution is 2.33.